The summed E-state index contributed by atoms with van der Waals surface area (Å²) in [6.07, 6.45) is 4.94. The molecule has 0 aliphatic heterocycles. The van der Waals surface area contributed by atoms with Gasteiger partial charge in [0.15, 0.2) is 0 Å². The van der Waals surface area contributed by atoms with Gasteiger partial charge in [-0.05, 0) is 30.5 Å². The summed E-state index contributed by atoms with van der Waals surface area (Å²) >= 11 is 3.51. The Labute approximate surface area is 125 Å². The topological polar surface area (TPSA) is 21.3 Å². The highest BCUT2D eigenvalue weighted by Gasteiger charge is 2.34. The van der Waals surface area contributed by atoms with Gasteiger partial charge in [-0.3, -0.25) is 0 Å². The fourth-order valence-corrected chi connectivity index (χ4v) is 3.09. The van der Waals surface area contributed by atoms with Crippen LogP contribution in [0.25, 0.3) is 0 Å². The number of hydrogen-bond acceptors (Lipinski definition) is 2. The van der Waals surface area contributed by atoms with Crippen LogP contribution >= 0.6 is 15.9 Å². The highest BCUT2D eigenvalue weighted by Crippen LogP contribution is 2.33. The lowest BCUT2D eigenvalue weighted by Crippen LogP contribution is -2.43. The predicted octanol–water partition coefficient (Wildman–Crippen LogP) is 4.28. The zero-order valence-electron chi connectivity index (χ0n) is 11.9. The van der Waals surface area contributed by atoms with Gasteiger partial charge in [-0.2, -0.15) is 0 Å². The normalized spacial score (nSPS) is 18.1. The number of nitrogens with one attached hydrogen (secondary N) is 1. The van der Waals surface area contributed by atoms with Crippen LogP contribution in [0.15, 0.2) is 28.7 Å². The van der Waals surface area contributed by atoms with Crippen LogP contribution in [0.3, 0.4) is 0 Å². The molecular weight excluding hydrogens is 302 g/mol. The van der Waals surface area contributed by atoms with Crippen LogP contribution in [0.2, 0.25) is 0 Å². The van der Waals surface area contributed by atoms with E-state index in [1.807, 2.05) is 0 Å². The van der Waals surface area contributed by atoms with Crippen molar-refractivity contribution in [2.24, 2.45) is 0 Å². The Morgan fingerprint density at radius 1 is 1.32 bits per heavy atom. The Morgan fingerprint density at radius 3 is 2.68 bits per heavy atom. The Balaban J connectivity index is 1.93. The third kappa shape index (κ3) is 4.59. The Morgan fingerprint density at radius 2 is 2.05 bits per heavy atom. The molecule has 0 saturated heterocycles. The highest BCUT2D eigenvalue weighted by atomic mass is 79.9. The minimum absolute atomic E-state index is 0.0482. The smallest absolute Gasteiger partial charge is 0.0810 e. The van der Waals surface area contributed by atoms with Crippen molar-refractivity contribution in [3.8, 4) is 0 Å². The maximum absolute atomic E-state index is 6.30. The maximum Gasteiger partial charge on any atom is 0.0810 e. The van der Waals surface area contributed by atoms with E-state index < -0.39 is 0 Å². The standard InChI is InChI=1S/C16H24BrNO/c1-13(2)18-12-16(8-3-4-9-16)19-11-14-6-5-7-15(17)10-14/h5-7,10,13,18H,3-4,8-9,11-12H2,1-2H3. The number of halogens is 1. The molecule has 0 radical (unpaired) electrons. The van der Waals surface area contributed by atoms with E-state index in [4.69, 9.17) is 4.74 Å². The van der Waals surface area contributed by atoms with Gasteiger partial charge < -0.3 is 10.1 Å². The Hall–Kier alpha value is -0.380. The third-order valence-electron chi connectivity index (χ3n) is 3.78. The number of hydrogen-bond donors (Lipinski definition) is 1. The zero-order valence-corrected chi connectivity index (χ0v) is 13.5. The lowest BCUT2D eigenvalue weighted by molar-refractivity contribution is -0.0514. The summed E-state index contributed by atoms with van der Waals surface area (Å²) in [5.41, 5.74) is 1.29. The van der Waals surface area contributed by atoms with E-state index in [1.165, 1.54) is 31.2 Å². The molecule has 0 spiro atoms. The largest absolute Gasteiger partial charge is 0.369 e. The van der Waals surface area contributed by atoms with Gasteiger partial charge in [-0.15, -0.1) is 0 Å². The van der Waals surface area contributed by atoms with Crippen molar-refractivity contribution in [2.75, 3.05) is 6.54 Å². The zero-order chi connectivity index (χ0) is 13.7. The number of rotatable bonds is 6. The van der Waals surface area contributed by atoms with Crippen molar-refractivity contribution in [3.63, 3.8) is 0 Å². The summed E-state index contributed by atoms with van der Waals surface area (Å²) in [7, 11) is 0. The van der Waals surface area contributed by atoms with E-state index in [-0.39, 0.29) is 5.60 Å². The fraction of sp³-hybridized carbons (Fsp3) is 0.625. The van der Waals surface area contributed by atoms with E-state index in [2.05, 4.69) is 59.4 Å². The Bertz CT molecular complexity index is 399. The summed E-state index contributed by atoms with van der Waals surface area (Å²) in [4.78, 5) is 0. The third-order valence-corrected chi connectivity index (χ3v) is 4.27. The van der Waals surface area contributed by atoms with Crippen LogP contribution in [0.5, 0.6) is 0 Å². The highest BCUT2D eigenvalue weighted by molar-refractivity contribution is 9.10. The molecule has 0 amide bonds. The van der Waals surface area contributed by atoms with Gasteiger partial charge in [0.2, 0.25) is 0 Å². The predicted molar refractivity (Wildman–Crippen MR) is 83.3 cm³/mol. The van der Waals surface area contributed by atoms with Crippen molar-refractivity contribution >= 4 is 15.9 Å². The molecule has 2 nitrogen and oxygen atoms in total. The molecule has 0 aromatic heterocycles. The minimum Gasteiger partial charge on any atom is -0.369 e. The van der Waals surface area contributed by atoms with Crippen LogP contribution in [0.1, 0.15) is 45.1 Å². The van der Waals surface area contributed by atoms with Crippen molar-refractivity contribution in [3.05, 3.63) is 34.3 Å². The van der Waals surface area contributed by atoms with Crippen LogP contribution in [0, 0.1) is 0 Å². The molecule has 0 bridgehead atoms. The minimum atomic E-state index is 0.0482. The second-order valence-electron chi connectivity index (χ2n) is 5.84. The summed E-state index contributed by atoms with van der Waals surface area (Å²) in [6, 6.07) is 8.90. The van der Waals surface area contributed by atoms with Crippen LogP contribution in [-0.4, -0.2) is 18.2 Å². The summed E-state index contributed by atoms with van der Waals surface area (Å²) in [6.45, 7) is 6.06. The van der Waals surface area contributed by atoms with E-state index in [9.17, 15) is 0 Å². The second-order valence-corrected chi connectivity index (χ2v) is 6.76. The molecule has 3 heteroatoms. The fourth-order valence-electron chi connectivity index (χ4n) is 2.64. The van der Waals surface area contributed by atoms with Gasteiger partial charge in [-0.1, -0.05) is 54.8 Å². The molecule has 2 rings (SSSR count). The van der Waals surface area contributed by atoms with E-state index >= 15 is 0 Å². The van der Waals surface area contributed by atoms with E-state index in [0.717, 1.165) is 11.0 Å². The van der Waals surface area contributed by atoms with Crippen LogP contribution in [-0.2, 0) is 11.3 Å². The lowest BCUT2D eigenvalue weighted by Gasteiger charge is -2.31. The van der Waals surface area contributed by atoms with Crippen LogP contribution < -0.4 is 5.32 Å². The van der Waals surface area contributed by atoms with Gasteiger partial charge in [0, 0.05) is 17.1 Å². The summed E-state index contributed by atoms with van der Waals surface area (Å²) in [5.74, 6) is 0. The van der Waals surface area contributed by atoms with E-state index in [1.54, 1.807) is 0 Å². The van der Waals surface area contributed by atoms with Crippen LogP contribution in [0.4, 0.5) is 0 Å². The molecule has 1 saturated carbocycles. The first kappa shape index (κ1) is 15.0. The van der Waals surface area contributed by atoms with Gasteiger partial charge in [0.25, 0.3) is 0 Å². The van der Waals surface area contributed by atoms with Gasteiger partial charge in [0.1, 0.15) is 0 Å². The lowest BCUT2D eigenvalue weighted by atomic mass is 10.0. The molecule has 1 fully saturated rings. The molecule has 1 aromatic carbocycles. The quantitative estimate of drug-likeness (QED) is 0.843. The molecular formula is C16H24BrNO. The molecule has 0 heterocycles. The first-order valence-electron chi connectivity index (χ1n) is 7.21. The molecule has 1 aliphatic carbocycles. The molecule has 0 atom stereocenters. The number of ether oxygens (including phenoxy) is 1. The van der Waals surface area contributed by atoms with Crippen molar-refractivity contribution in [2.45, 2.75) is 57.8 Å². The second kappa shape index (κ2) is 6.87. The number of benzene rings is 1. The Kier molecular flexibility index (Phi) is 5.43. The first-order chi connectivity index (χ1) is 9.10. The average Bonchev–Trinajstić information content (AvgIpc) is 2.84. The van der Waals surface area contributed by atoms with Crippen molar-refractivity contribution in [1.29, 1.82) is 0 Å². The summed E-state index contributed by atoms with van der Waals surface area (Å²) < 4.78 is 7.42. The molecule has 106 valence electrons. The van der Waals surface area contributed by atoms with Gasteiger partial charge >= 0.3 is 0 Å². The van der Waals surface area contributed by atoms with Crippen molar-refractivity contribution in [1.82, 2.24) is 5.32 Å². The van der Waals surface area contributed by atoms with Crippen molar-refractivity contribution < 1.29 is 4.74 Å². The molecule has 1 aliphatic rings. The monoisotopic (exact) mass is 325 g/mol. The molecule has 1 aromatic rings. The SMILES string of the molecule is CC(C)NCC1(OCc2cccc(Br)c2)CCCC1. The van der Waals surface area contributed by atoms with Gasteiger partial charge in [-0.25, -0.2) is 0 Å². The summed E-state index contributed by atoms with van der Waals surface area (Å²) in [5, 5.41) is 3.54. The first-order valence-corrected chi connectivity index (χ1v) is 8.01. The maximum atomic E-state index is 6.30. The average molecular weight is 326 g/mol. The van der Waals surface area contributed by atoms with E-state index in [0.29, 0.717) is 12.6 Å². The van der Waals surface area contributed by atoms with Gasteiger partial charge in [0.05, 0.1) is 12.2 Å². The molecule has 0 unspecified atom stereocenters. The molecule has 19 heavy (non-hydrogen) atoms. The molecule has 1 N–H and O–H groups in total.